The van der Waals surface area contributed by atoms with Crippen LogP contribution >= 0.6 is 0 Å². The van der Waals surface area contributed by atoms with Gasteiger partial charge in [0.05, 0.1) is 6.61 Å². The van der Waals surface area contributed by atoms with Gasteiger partial charge in [-0.1, -0.05) is 66.1 Å². The first-order valence-corrected chi connectivity index (χ1v) is 14.1. The van der Waals surface area contributed by atoms with Gasteiger partial charge in [-0.05, 0) is 80.1 Å². The SMILES string of the molecule is CC(=O)ON(C(C)=O)C(C)C#Cc1cccc(Oc2cccc(COC(C)C#Cc3cccc(Oc4ccccc4)c3)c2)c1. The normalized spacial score (nSPS) is 11.5. The highest BCUT2D eigenvalue weighted by Gasteiger charge is 2.18. The van der Waals surface area contributed by atoms with Crippen LogP contribution in [0, 0.1) is 23.7 Å². The summed E-state index contributed by atoms with van der Waals surface area (Å²) in [6, 6.07) is 31.6. The fraction of sp³-hybridized carbons (Fsp3) is 0.189. The highest BCUT2D eigenvalue weighted by atomic mass is 16.7. The summed E-state index contributed by atoms with van der Waals surface area (Å²) in [7, 11) is 0. The summed E-state index contributed by atoms with van der Waals surface area (Å²) in [6.45, 7) is 6.50. The highest BCUT2D eigenvalue weighted by Crippen LogP contribution is 2.24. The lowest BCUT2D eigenvalue weighted by molar-refractivity contribution is -0.199. The van der Waals surface area contributed by atoms with Crippen molar-refractivity contribution in [1.82, 2.24) is 5.06 Å². The van der Waals surface area contributed by atoms with Gasteiger partial charge in [-0.2, -0.15) is 5.06 Å². The maximum Gasteiger partial charge on any atom is 0.329 e. The standard InChI is InChI=1S/C37H33NO6/c1-27(38(29(3)39)44-30(4)40)19-21-31-11-8-17-36(23-31)43-37-18-10-13-33(25-37)26-41-28(2)20-22-32-12-9-16-35(24-32)42-34-14-6-5-7-15-34/h5-18,23-25,27-28H,26H2,1-4H3. The van der Waals surface area contributed by atoms with Crippen LogP contribution in [-0.2, 0) is 25.8 Å². The van der Waals surface area contributed by atoms with Crippen LogP contribution in [0.4, 0.5) is 0 Å². The topological polar surface area (TPSA) is 74.3 Å². The zero-order valence-electron chi connectivity index (χ0n) is 25.1. The molecule has 0 aliphatic heterocycles. The first-order valence-electron chi connectivity index (χ1n) is 14.1. The summed E-state index contributed by atoms with van der Waals surface area (Å²) in [4.78, 5) is 28.1. The van der Waals surface area contributed by atoms with Crippen molar-refractivity contribution in [2.75, 3.05) is 0 Å². The van der Waals surface area contributed by atoms with Crippen molar-refractivity contribution in [3.8, 4) is 46.7 Å². The Bertz CT molecular complexity index is 1710. The monoisotopic (exact) mass is 587 g/mol. The Morgan fingerprint density at radius 2 is 1.23 bits per heavy atom. The van der Waals surface area contributed by atoms with E-state index >= 15 is 0 Å². The van der Waals surface area contributed by atoms with Gasteiger partial charge in [0, 0.05) is 25.0 Å². The summed E-state index contributed by atoms with van der Waals surface area (Å²) in [5, 5.41) is 0.954. The molecule has 0 heterocycles. The molecule has 0 aliphatic carbocycles. The molecule has 0 spiro atoms. The number of rotatable bonds is 8. The predicted octanol–water partition coefficient (Wildman–Crippen LogP) is 7.29. The first-order chi connectivity index (χ1) is 21.2. The van der Waals surface area contributed by atoms with Gasteiger partial charge in [-0.25, -0.2) is 0 Å². The van der Waals surface area contributed by atoms with E-state index in [0.717, 1.165) is 27.7 Å². The molecule has 1 amide bonds. The van der Waals surface area contributed by atoms with Crippen molar-refractivity contribution in [2.24, 2.45) is 0 Å². The molecule has 0 fully saturated rings. The minimum atomic E-state index is -0.622. The van der Waals surface area contributed by atoms with E-state index in [2.05, 4.69) is 23.7 Å². The molecule has 222 valence electrons. The van der Waals surface area contributed by atoms with Crippen LogP contribution in [0.25, 0.3) is 0 Å². The summed E-state index contributed by atoms with van der Waals surface area (Å²) in [5.41, 5.74) is 2.46. The second-order valence-electron chi connectivity index (χ2n) is 9.82. The number of carbonyl (C=O) groups is 2. The van der Waals surface area contributed by atoms with E-state index in [0.29, 0.717) is 23.7 Å². The van der Waals surface area contributed by atoms with E-state index in [1.165, 1.54) is 13.8 Å². The summed E-state index contributed by atoms with van der Waals surface area (Å²) in [6.07, 6.45) is -0.296. The van der Waals surface area contributed by atoms with Crippen molar-refractivity contribution < 1.29 is 28.6 Å². The summed E-state index contributed by atoms with van der Waals surface area (Å²) in [5.74, 6) is 14.0. The van der Waals surface area contributed by atoms with Crippen LogP contribution in [0.3, 0.4) is 0 Å². The largest absolute Gasteiger partial charge is 0.457 e. The molecule has 7 heteroatoms. The predicted molar refractivity (Wildman–Crippen MR) is 168 cm³/mol. The van der Waals surface area contributed by atoms with Gasteiger partial charge in [0.15, 0.2) is 0 Å². The average molecular weight is 588 g/mol. The molecule has 0 aromatic heterocycles. The van der Waals surface area contributed by atoms with Gasteiger partial charge in [-0.15, -0.1) is 0 Å². The van der Waals surface area contributed by atoms with Crippen molar-refractivity contribution >= 4 is 11.9 Å². The second kappa shape index (κ2) is 15.7. The second-order valence-corrected chi connectivity index (χ2v) is 9.82. The molecule has 0 saturated heterocycles. The zero-order chi connectivity index (χ0) is 31.3. The molecule has 44 heavy (non-hydrogen) atoms. The van der Waals surface area contributed by atoms with E-state index in [4.69, 9.17) is 19.0 Å². The maximum atomic E-state index is 11.8. The third-order valence-electron chi connectivity index (χ3n) is 6.02. The molecule has 0 bridgehead atoms. The van der Waals surface area contributed by atoms with Gasteiger partial charge >= 0.3 is 5.97 Å². The fourth-order valence-corrected chi connectivity index (χ4v) is 3.98. The number of benzene rings is 4. The third kappa shape index (κ3) is 10.1. The lowest BCUT2D eigenvalue weighted by Crippen LogP contribution is -2.37. The Labute approximate surface area is 258 Å². The molecular formula is C37H33NO6. The molecule has 4 aromatic carbocycles. The smallest absolute Gasteiger partial charge is 0.329 e. The van der Waals surface area contributed by atoms with Crippen LogP contribution in [-0.4, -0.2) is 29.1 Å². The van der Waals surface area contributed by atoms with Gasteiger partial charge in [0.1, 0.15) is 35.1 Å². The van der Waals surface area contributed by atoms with Gasteiger partial charge < -0.3 is 19.0 Å². The zero-order valence-corrected chi connectivity index (χ0v) is 25.1. The number of amides is 1. The number of nitrogens with zero attached hydrogens (tertiary/aromatic N) is 1. The molecule has 4 aromatic rings. The molecule has 0 saturated carbocycles. The van der Waals surface area contributed by atoms with Crippen LogP contribution in [0.1, 0.15) is 44.4 Å². The number of ether oxygens (including phenoxy) is 3. The number of para-hydroxylation sites is 1. The van der Waals surface area contributed by atoms with E-state index in [-0.39, 0.29) is 6.10 Å². The molecule has 0 radical (unpaired) electrons. The van der Waals surface area contributed by atoms with Crippen LogP contribution in [0.5, 0.6) is 23.0 Å². The van der Waals surface area contributed by atoms with Crippen LogP contribution < -0.4 is 9.47 Å². The first kappa shape index (κ1) is 31.4. The van der Waals surface area contributed by atoms with Crippen molar-refractivity contribution in [1.29, 1.82) is 0 Å². The molecule has 0 aliphatic rings. The van der Waals surface area contributed by atoms with E-state index in [1.54, 1.807) is 13.0 Å². The van der Waals surface area contributed by atoms with Crippen LogP contribution in [0.2, 0.25) is 0 Å². The molecule has 2 atom stereocenters. The quantitative estimate of drug-likeness (QED) is 0.159. The molecule has 2 unspecified atom stereocenters. The third-order valence-corrected chi connectivity index (χ3v) is 6.02. The summed E-state index contributed by atoms with van der Waals surface area (Å²) >= 11 is 0. The van der Waals surface area contributed by atoms with Gasteiger partial charge in [0.25, 0.3) is 5.91 Å². The van der Waals surface area contributed by atoms with Crippen molar-refractivity contribution in [2.45, 2.75) is 46.4 Å². The minimum absolute atomic E-state index is 0.296. The Balaban J connectivity index is 1.33. The number of hydroxylamine groups is 2. The molecule has 0 N–H and O–H groups in total. The number of carbonyl (C=O) groups excluding carboxylic acids is 2. The van der Waals surface area contributed by atoms with Crippen molar-refractivity contribution in [3.05, 3.63) is 120 Å². The number of hydrogen-bond donors (Lipinski definition) is 0. The average Bonchev–Trinajstić information content (AvgIpc) is 3.01. The Morgan fingerprint density at radius 3 is 1.84 bits per heavy atom. The molecular weight excluding hydrogens is 554 g/mol. The lowest BCUT2D eigenvalue weighted by Gasteiger charge is -2.21. The van der Waals surface area contributed by atoms with Crippen molar-refractivity contribution in [3.63, 3.8) is 0 Å². The molecule has 4 rings (SSSR count). The van der Waals surface area contributed by atoms with Gasteiger partial charge in [0.2, 0.25) is 0 Å². The Kier molecular flexibility index (Phi) is 11.2. The highest BCUT2D eigenvalue weighted by molar-refractivity contribution is 5.75. The van der Waals surface area contributed by atoms with E-state index in [9.17, 15) is 9.59 Å². The molecule has 7 nitrogen and oxygen atoms in total. The van der Waals surface area contributed by atoms with E-state index < -0.39 is 17.9 Å². The maximum absolute atomic E-state index is 11.8. The Morgan fingerprint density at radius 1 is 0.682 bits per heavy atom. The van der Waals surface area contributed by atoms with Gasteiger partial charge in [-0.3, -0.25) is 9.59 Å². The lowest BCUT2D eigenvalue weighted by atomic mass is 10.2. The van der Waals surface area contributed by atoms with E-state index in [1.807, 2.05) is 104 Å². The fourth-order valence-electron chi connectivity index (χ4n) is 3.98. The summed E-state index contributed by atoms with van der Waals surface area (Å²) < 4.78 is 17.9. The minimum Gasteiger partial charge on any atom is -0.457 e. The van der Waals surface area contributed by atoms with Crippen LogP contribution in [0.15, 0.2) is 103 Å². The number of hydrogen-bond acceptors (Lipinski definition) is 6. The Hall–Kier alpha value is -5.50.